The molecule has 0 radical (unpaired) electrons. The Hall–Kier alpha value is -3.97. The van der Waals surface area contributed by atoms with Crippen LogP contribution in [0.5, 0.6) is 0 Å². The molecule has 2 aromatic heterocycles. The van der Waals surface area contributed by atoms with Gasteiger partial charge in [-0.05, 0) is 66.8 Å². The maximum atomic E-state index is 11.5. The second-order valence-electron chi connectivity index (χ2n) is 7.49. The van der Waals surface area contributed by atoms with Crippen molar-refractivity contribution in [3.63, 3.8) is 0 Å². The monoisotopic (exact) mass is 440 g/mol. The SMILES string of the molecule is O=C(O)c1cccc(-n2cccc2[C@H]2[C@@H](c3ccccn3)NC(=S)N2c2ccccc2)c1. The van der Waals surface area contributed by atoms with Crippen molar-refractivity contribution in [1.82, 2.24) is 14.9 Å². The number of nitrogens with one attached hydrogen (secondary N) is 1. The molecule has 3 heterocycles. The van der Waals surface area contributed by atoms with E-state index in [-0.39, 0.29) is 17.6 Å². The second kappa shape index (κ2) is 8.28. The van der Waals surface area contributed by atoms with Crippen LogP contribution in [0.3, 0.4) is 0 Å². The van der Waals surface area contributed by atoms with Crippen molar-refractivity contribution in [2.75, 3.05) is 4.90 Å². The summed E-state index contributed by atoms with van der Waals surface area (Å²) in [5.74, 6) is -0.957. The highest BCUT2D eigenvalue weighted by molar-refractivity contribution is 7.80. The molecule has 32 heavy (non-hydrogen) atoms. The number of carboxylic acids is 1. The van der Waals surface area contributed by atoms with Crippen LogP contribution in [0.15, 0.2) is 97.3 Å². The molecule has 6 nitrogen and oxygen atoms in total. The number of hydrogen-bond acceptors (Lipinski definition) is 3. The molecule has 7 heteroatoms. The number of para-hydroxylation sites is 1. The van der Waals surface area contributed by atoms with E-state index in [4.69, 9.17) is 12.2 Å². The molecule has 1 aliphatic rings. The van der Waals surface area contributed by atoms with Gasteiger partial charge in [-0.1, -0.05) is 30.3 Å². The van der Waals surface area contributed by atoms with Gasteiger partial charge in [-0.2, -0.15) is 0 Å². The summed E-state index contributed by atoms with van der Waals surface area (Å²) < 4.78 is 2.01. The van der Waals surface area contributed by atoms with E-state index in [1.54, 1.807) is 24.4 Å². The normalized spacial score (nSPS) is 17.9. The molecule has 0 bridgehead atoms. The fourth-order valence-corrected chi connectivity index (χ4v) is 4.53. The maximum Gasteiger partial charge on any atom is 0.335 e. The van der Waals surface area contributed by atoms with Gasteiger partial charge in [0.25, 0.3) is 0 Å². The smallest absolute Gasteiger partial charge is 0.335 e. The lowest BCUT2D eigenvalue weighted by molar-refractivity contribution is 0.0697. The lowest BCUT2D eigenvalue weighted by Gasteiger charge is -2.29. The Morgan fingerprint density at radius 2 is 1.72 bits per heavy atom. The highest BCUT2D eigenvalue weighted by Crippen LogP contribution is 2.42. The number of rotatable bonds is 5. The van der Waals surface area contributed by atoms with E-state index < -0.39 is 5.97 Å². The Balaban J connectivity index is 1.66. The zero-order valence-corrected chi connectivity index (χ0v) is 17.8. The van der Waals surface area contributed by atoms with Gasteiger partial charge in [0.15, 0.2) is 5.11 Å². The van der Waals surface area contributed by atoms with E-state index in [0.717, 1.165) is 22.8 Å². The molecule has 0 aliphatic carbocycles. The lowest BCUT2D eigenvalue weighted by atomic mass is 10.0. The predicted molar refractivity (Wildman–Crippen MR) is 127 cm³/mol. The van der Waals surface area contributed by atoms with Crippen molar-refractivity contribution in [1.29, 1.82) is 0 Å². The number of carboxylic acid groups (broad SMARTS) is 1. The minimum Gasteiger partial charge on any atom is -0.478 e. The van der Waals surface area contributed by atoms with E-state index in [1.807, 2.05) is 77.5 Å². The first kappa shape index (κ1) is 20.0. The van der Waals surface area contributed by atoms with Crippen LogP contribution in [0.4, 0.5) is 5.69 Å². The molecule has 1 aliphatic heterocycles. The molecule has 2 N–H and O–H groups in total. The molecular formula is C25H20N4O2S. The van der Waals surface area contributed by atoms with Crippen LogP contribution in [-0.2, 0) is 0 Å². The Bertz CT molecular complexity index is 1270. The van der Waals surface area contributed by atoms with Gasteiger partial charge in [-0.3, -0.25) is 4.98 Å². The van der Waals surface area contributed by atoms with Crippen LogP contribution in [0.1, 0.15) is 33.8 Å². The van der Waals surface area contributed by atoms with Crippen LogP contribution in [0, 0.1) is 0 Å². The minimum atomic E-state index is -0.957. The van der Waals surface area contributed by atoms with Gasteiger partial charge in [0.1, 0.15) is 6.04 Å². The maximum absolute atomic E-state index is 11.5. The van der Waals surface area contributed by atoms with E-state index in [0.29, 0.717) is 5.11 Å². The summed E-state index contributed by atoms with van der Waals surface area (Å²) in [4.78, 5) is 18.2. The molecule has 0 spiro atoms. The Morgan fingerprint density at radius 3 is 2.47 bits per heavy atom. The summed E-state index contributed by atoms with van der Waals surface area (Å²) in [6.07, 6.45) is 3.72. The number of thiocarbonyl (C=S) groups is 1. The van der Waals surface area contributed by atoms with E-state index in [1.165, 1.54) is 0 Å². The van der Waals surface area contributed by atoms with Gasteiger partial charge in [0.2, 0.25) is 0 Å². The number of aromatic nitrogens is 2. The van der Waals surface area contributed by atoms with Gasteiger partial charge in [0.05, 0.1) is 17.3 Å². The summed E-state index contributed by atoms with van der Waals surface area (Å²) in [6, 6.07) is 26.4. The van der Waals surface area contributed by atoms with E-state index in [2.05, 4.69) is 15.2 Å². The number of benzene rings is 2. The fourth-order valence-electron chi connectivity index (χ4n) is 4.18. The molecule has 0 unspecified atom stereocenters. The fraction of sp³-hybridized carbons (Fsp3) is 0.0800. The Kier molecular flexibility index (Phi) is 5.17. The number of pyridine rings is 1. The van der Waals surface area contributed by atoms with E-state index >= 15 is 0 Å². The van der Waals surface area contributed by atoms with Crippen LogP contribution in [0.25, 0.3) is 5.69 Å². The molecule has 1 saturated heterocycles. The summed E-state index contributed by atoms with van der Waals surface area (Å²) in [5, 5.41) is 13.5. The van der Waals surface area contributed by atoms with E-state index in [9.17, 15) is 9.90 Å². The molecule has 1 fully saturated rings. The summed E-state index contributed by atoms with van der Waals surface area (Å²) in [7, 11) is 0. The molecule has 5 rings (SSSR count). The summed E-state index contributed by atoms with van der Waals surface area (Å²) >= 11 is 5.77. The highest BCUT2D eigenvalue weighted by atomic mass is 32.1. The van der Waals surface area contributed by atoms with Crippen molar-refractivity contribution in [2.24, 2.45) is 0 Å². The number of carbonyl (C=O) groups is 1. The number of anilines is 1. The van der Waals surface area contributed by atoms with Crippen LogP contribution in [0.2, 0.25) is 0 Å². The molecule has 4 aromatic rings. The number of nitrogens with zero attached hydrogens (tertiary/aromatic N) is 3. The summed E-state index contributed by atoms with van der Waals surface area (Å²) in [6.45, 7) is 0. The quantitative estimate of drug-likeness (QED) is 0.437. The van der Waals surface area contributed by atoms with Gasteiger partial charge in [-0.25, -0.2) is 4.79 Å². The standard InChI is InChI=1S/C25H20N4O2S/c30-24(31)17-8-6-11-19(16-17)28-15-7-13-21(28)23-22(20-12-4-5-14-26-20)27-25(32)29(23)18-9-2-1-3-10-18/h1-16,22-23H,(H,27,32)(H,30,31)/t22-,23+/m1/s1. The van der Waals surface area contributed by atoms with Gasteiger partial charge in [-0.15, -0.1) is 0 Å². The van der Waals surface area contributed by atoms with Crippen molar-refractivity contribution in [2.45, 2.75) is 12.1 Å². The third-order valence-corrected chi connectivity index (χ3v) is 5.90. The summed E-state index contributed by atoms with van der Waals surface area (Å²) in [5.41, 5.74) is 3.84. The first-order valence-electron chi connectivity index (χ1n) is 10.2. The van der Waals surface area contributed by atoms with Gasteiger partial charge >= 0.3 is 5.97 Å². The highest BCUT2D eigenvalue weighted by Gasteiger charge is 2.42. The van der Waals surface area contributed by atoms with Crippen LogP contribution >= 0.6 is 12.2 Å². The average molecular weight is 441 g/mol. The zero-order chi connectivity index (χ0) is 22.1. The minimum absolute atomic E-state index is 0.180. The molecule has 0 saturated carbocycles. The Labute approximate surface area is 190 Å². The van der Waals surface area contributed by atoms with Crippen molar-refractivity contribution in [3.8, 4) is 5.69 Å². The Morgan fingerprint density at radius 1 is 0.938 bits per heavy atom. The number of aromatic carboxylic acids is 1. The molecule has 2 aromatic carbocycles. The zero-order valence-electron chi connectivity index (χ0n) is 17.0. The third-order valence-electron chi connectivity index (χ3n) is 5.59. The van der Waals surface area contributed by atoms with Crippen molar-refractivity contribution >= 4 is 29.0 Å². The molecule has 158 valence electrons. The number of hydrogen-bond donors (Lipinski definition) is 2. The topological polar surface area (TPSA) is 70.4 Å². The first-order valence-corrected chi connectivity index (χ1v) is 10.6. The molecule has 0 amide bonds. The average Bonchev–Trinajstić information content (AvgIpc) is 3.44. The lowest BCUT2D eigenvalue weighted by Crippen LogP contribution is -2.30. The van der Waals surface area contributed by atoms with Crippen LogP contribution < -0.4 is 10.2 Å². The predicted octanol–water partition coefficient (Wildman–Crippen LogP) is 4.75. The van der Waals surface area contributed by atoms with Crippen LogP contribution in [-0.4, -0.2) is 25.7 Å². The third kappa shape index (κ3) is 3.52. The largest absolute Gasteiger partial charge is 0.478 e. The van der Waals surface area contributed by atoms with Gasteiger partial charge < -0.3 is 19.9 Å². The molecular weight excluding hydrogens is 420 g/mol. The molecule has 2 atom stereocenters. The second-order valence-corrected chi connectivity index (χ2v) is 7.88. The first-order chi connectivity index (χ1) is 15.6. The van der Waals surface area contributed by atoms with Crippen molar-refractivity contribution in [3.05, 3.63) is 114 Å². The van der Waals surface area contributed by atoms with Gasteiger partial charge in [0, 0.05) is 29.5 Å². The van der Waals surface area contributed by atoms with Crippen molar-refractivity contribution < 1.29 is 9.90 Å².